The number of hydrogen-bond donors (Lipinski definition) is 1. The monoisotopic (exact) mass is 260 g/mol. The van der Waals surface area contributed by atoms with Crippen LogP contribution in [0.25, 0.3) is 0 Å². The van der Waals surface area contributed by atoms with Gasteiger partial charge in [0.15, 0.2) is 0 Å². The van der Waals surface area contributed by atoms with Crippen molar-refractivity contribution in [2.24, 2.45) is 29.1 Å². The van der Waals surface area contributed by atoms with E-state index in [4.69, 9.17) is 0 Å². The molecule has 0 radical (unpaired) electrons. The van der Waals surface area contributed by atoms with Gasteiger partial charge in [0.2, 0.25) is 0 Å². The molecule has 3 fully saturated rings. The summed E-state index contributed by atoms with van der Waals surface area (Å²) in [5.74, 6) is 3.25. The predicted octanol–water partition coefficient (Wildman–Crippen LogP) is 4.31. The highest BCUT2D eigenvalue weighted by molar-refractivity contribution is 5.15. The van der Waals surface area contributed by atoms with Gasteiger partial charge < -0.3 is 5.11 Å². The molecule has 0 spiro atoms. The second-order valence-corrected chi connectivity index (χ2v) is 8.11. The smallest absolute Gasteiger partial charge is 0.0678 e. The molecule has 0 aromatic carbocycles. The molecule has 106 valence electrons. The van der Waals surface area contributed by atoms with E-state index in [1.165, 1.54) is 44.9 Å². The summed E-state index contributed by atoms with van der Waals surface area (Å²) in [6, 6.07) is 0. The molecule has 4 aliphatic carbocycles. The van der Waals surface area contributed by atoms with Gasteiger partial charge in [0.25, 0.3) is 0 Å². The van der Waals surface area contributed by atoms with Gasteiger partial charge in [-0.05, 0) is 74.0 Å². The van der Waals surface area contributed by atoms with Gasteiger partial charge >= 0.3 is 0 Å². The van der Waals surface area contributed by atoms with E-state index < -0.39 is 0 Å². The van der Waals surface area contributed by atoms with E-state index in [1.807, 2.05) is 0 Å². The number of allylic oxidation sites excluding steroid dienone is 2. The quantitative estimate of drug-likeness (QED) is 0.643. The number of rotatable bonds is 0. The summed E-state index contributed by atoms with van der Waals surface area (Å²) in [4.78, 5) is 0. The predicted molar refractivity (Wildman–Crippen MR) is 77.7 cm³/mol. The maximum atomic E-state index is 11.0. The zero-order chi connectivity index (χ0) is 13.1. The second kappa shape index (κ2) is 4.10. The molecule has 0 saturated heterocycles. The van der Waals surface area contributed by atoms with Crippen molar-refractivity contribution in [2.45, 2.75) is 70.3 Å². The number of aliphatic hydroxyl groups is 1. The lowest BCUT2D eigenvalue weighted by Gasteiger charge is -2.57. The molecule has 1 unspecified atom stereocenters. The molecule has 0 amide bonds. The molecule has 0 aromatic rings. The molecule has 1 N–H and O–H groups in total. The SMILES string of the molecule is C[C@@]12C=CC[C@H]1[C@@H]1CCC3(O)CCCC[C@@H]3[C@H]1CC2. The average Bonchev–Trinajstić information content (AvgIpc) is 2.79. The van der Waals surface area contributed by atoms with Gasteiger partial charge in [-0.3, -0.25) is 0 Å². The molecule has 0 heterocycles. The highest BCUT2D eigenvalue weighted by Gasteiger charge is 2.55. The first-order valence-electron chi connectivity index (χ1n) is 8.52. The van der Waals surface area contributed by atoms with Crippen LogP contribution in [0.4, 0.5) is 0 Å². The van der Waals surface area contributed by atoms with Crippen molar-refractivity contribution in [3.63, 3.8) is 0 Å². The van der Waals surface area contributed by atoms with Crippen LogP contribution in [-0.2, 0) is 0 Å². The first kappa shape index (κ1) is 12.4. The summed E-state index contributed by atoms with van der Waals surface area (Å²) in [5.41, 5.74) is 0.213. The lowest BCUT2D eigenvalue weighted by molar-refractivity contribution is -0.145. The van der Waals surface area contributed by atoms with Crippen LogP contribution in [0.5, 0.6) is 0 Å². The molecule has 6 atom stereocenters. The molecule has 0 aliphatic heterocycles. The lowest BCUT2D eigenvalue weighted by atomic mass is 9.49. The van der Waals surface area contributed by atoms with Gasteiger partial charge in [-0.1, -0.05) is 31.9 Å². The third kappa shape index (κ3) is 1.70. The Kier molecular flexibility index (Phi) is 2.68. The first-order valence-corrected chi connectivity index (χ1v) is 8.52. The molecular formula is C18H28O. The Morgan fingerprint density at radius 3 is 2.63 bits per heavy atom. The fourth-order valence-corrected chi connectivity index (χ4v) is 6.30. The molecular weight excluding hydrogens is 232 g/mol. The molecule has 0 aromatic heterocycles. The van der Waals surface area contributed by atoms with Crippen LogP contribution in [0.1, 0.15) is 64.7 Å². The van der Waals surface area contributed by atoms with Crippen molar-refractivity contribution in [3.8, 4) is 0 Å². The summed E-state index contributed by atoms with van der Waals surface area (Å²) in [7, 11) is 0. The van der Waals surface area contributed by atoms with Gasteiger partial charge in [0.05, 0.1) is 5.60 Å². The van der Waals surface area contributed by atoms with Gasteiger partial charge in [-0.2, -0.15) is 0 Å². The Morgan fingerprint density at radius 1 is 0.947 bits per heavy atom. The van der Waals surface area contributed by atoms with E-state index in [0.717, 1.165) is 30.6 Å². The number of hydrogen-bond acceptors (Lipinski definition) is 1. The van der Waals surface area contributed by atoms with Crippen LogP contribution >= 0.6 is 0 Å². The highest BCUT2D eigenvalue weighted by Crippen LogP contribution is 2.61. The van der Waals surface area contributed by atoms with Crippen LogP contribution in [0.3, 0.4) is 0 Å². The molecule has 4 rings (SSSR count). The van der Waals surface area contributed by atoms with Gasteiger partial charge in [0, 0.05) is 0 Å². The maximum Gasteiger partial charge on any atom is 0.0678 e. The molecule has 0 bridgehead atoms. The van der Waals surface area contributed by atoms with E-state index in [0.29, 0.717) is 11.3 Å². The highest BCUT2D eigenvalue weighted by atomic mass is 16.3. The van der Waals surface area contributed by atoms with Crippen molar-refractivity contribution >= 4 is 0 Å². The van der Waals surface area contributed by atoms with E-state index in [1.54, 1.807) is 0 Å². The lowest BCUT2D eigenvalue weighted by Crippen LogP contribution is -2.54. The molecule has 4 aliphatic rings. The zero-order valence-corrected chi connectivity index (χ0v) is 12.3. The van der Waals surface area contributed by atoms with Crippen molar-refractivity contribution in [1.82, 2.24) is 0 Å². The van der Waals surface area contributed by atoms with Crippen LogP contribution in [0.15, 0.2) is 12.2 Å². The van der Waals surface area contributed by atoms with E-state index >= 15 is 0 Å². The Labute approximate surface area is 117 Å². The minimum atomic E-state index is -0.279. The van der Waals surface area contributed by atoms with Gasteiger partial charge in [-0.25, -0.2) is 0 Å². The Hall–Kier alpha value is -0.300. The topological polar surface area (TPSA) is 20.2 Å². The Bertz CT molecular complexity index is 400. The van der Waals surface area contributed by atoms with E-state index in [-0.39, 0.29) is 5.60 Å². The van der Waals surface area contributed by atoms with Gasteiger partial charge in [-0.15, -0.1) is 0 Å². The van der Waals surface area contributed by atoms with E-state index in [2.05, 4.69) is 19.1 Å². The minimum absolute atomic E-state index is 0.279. The fraction of sp³-hybridized carbons (Fsp3) is 0.889. The van der Waals surface area contributed by atoms with E-state index in [9.17, 15) is 5.11 Å². The Balaban J connectivity index is 1.63. The fourth-order valence-electron chi connectivity index (χ4n) is 6.30. The zero-order valence-electron chi connectivity index (χ0n) is 12.3. The second-order valence-electron chi connectivity index (χ2n) is 8.11. The third-order valence-electron chi connectivity index (χ3n) is 7.31. The molecule has 1 nitrogen and oxygen atoms in total. The average molecular weight is 260 g/mol. The molecule has 19 heavy (non-hydrogen) atoms. The standard InChI is InChI=1S/C18H28O/c1-17-9-4-6-15(17)13-8-12-18(19)10-3-2-5-16(18)14(13)7-11-17/h4,9,13-16,19H,2-3,5-8,10-12H2,1H3/t13-,14+,15+,16-,17+,18?/m1/s1. The largest absolute Gasteiger partial charge is 0.390 e. The summed E-state index contributed by atoms with van der Waals surface area (Å²) in [6.45, 7) is 2.49. The summed E-state index contributed by atoms with van der Waals surface area (Å²) >= 11 is 0. The summed E-state index contributed by atoms with van der Waals surface area (Å²) in [6.07, 6.45) is 16.4. The van der Waals surface area contributed by atoms with Crippen molar-refractivity contribution in [3.05, 3.63) is 12.2 Å². The van der Waals surface area contributed by atoms with Crippen molar-refractivity contribution in [2.75, 3.05) is 0 Å². The Morgan fingerprint density at radius 2 is 1.74 bits per heavy atom. The van der Waals surface area contributed by atoms with Crippen LogP contribution < -0.4 is 0 Å². The third-order valence-corrected chi connectivity index (χ3v) is 7.31. The van der Waals surface area contributed by atoms with Gasteiger partial charge in [0.1, 0.15) is 0 Å². The number of fused-ring (bicyclic) bond motifs is 5. The van der Waals surface area contributed by atoms with Crippen LogP contribution in [0, 0.1) is 29.1 Å². The normalized spacial score (nSPS) is 56.3. The maximum absolute atomic E-state index is 11.0. The summed E-state index contributed by atoms with van der Waals surface area (Å²) < 4.78 is 0. The first-order chi connectivity index (χ1) is 9.12. The molecule has 1 heteroatoms. The van der Waals surface area contributed by atoms with Crippen LogP contribution in [0.2, 0.25) is 0 Å². The van der Waals surface area contributed by atoms with Crippen molar-refractivity contribution < 1.29 is 5.11 Å². The minimum Gasteiger partial charge on any atom is -0.390 e. The summed E-state index contributed by atoms with van der Waals surface area (Å²) in [5, 5.41) is 11.0. The molecule has 3 saturated carbocycles. The van der Waals surface area contributed by atoms with Crippen LogP contribution in [-0.4, -0.2) is 10.7 Å². The van der Waals surface area contributed by atoms with Crippen molar-refractivity contribution in [1.29, 1.82) is 0 Å².